The molecule has 1 heterocycles. The molecule has 0 aromatic rings. The Balaban J connectivity index is 2.28. The minimum Gasteiger partial charge on any atom is -0.388 e. The minimum absolute atomic E-state index is 0.0905. The van der Waals surface area contributed by atoms with Crippen LogP contribution < -0.4 is 10.6 Å². The van der Waals surface area contributed by atoms with E-state index in [9.17, 15) is 9.90 Å². The van der Waals surface area contributed by atoms with E-state index in [0.29, 0.717) is 26.0 Å². The molecule has 3 unspecified atom stereocenters. The molecule has 1 rings (SSSR count). The second-order valence-electron chi connectivity index (χ2n) is 5.01. The van der Waals surface area contributed by atoms with Gasteiger partial charge in [-0.05, 0) is 13.3 Å². The van der Waals surface area contributed by atoms with Crippen molar-refractivity contribution in [3.8, 4) is 0 Å². The second-order valence-corrected chi connectivity index (χ2v) is 5.01. The van der Waals surface area contributed by atoms with Crippen LogP contribution in [0.3, 0.4) is 0 Å². The SMILES string of the molecule is COCCC(C)(O)CNC(=O)C1CC(OC)CN1. The quantitative estimate of drug-likeness (QED) is 0.562. The van der Waals surface area contributed by atoms with Crippen molar-refractivity contribution in [3.05, 3.63) is 0 Å². The number of hydrogen-bond donors (Lipinski definition) is 3. The monoisotopic (exact) mass is 260 g/mol. The lowest BCUT2D eigenvalue weighted by Gasteiger charge is -2.24. The Morgan fingerprint density at radius 1 is 1.56 bits per heavy atom. The Hall–Kier alpha value is -0.690. The summed E-state index contributed by atoms with van der Waals surface area (Å²) >= 11 is 0. The van der Waals surface area contributed by atoms with Gasteiger partial charge in [0.2, 0.25) is 5.91 Å². The third-order valence-corrected chi connectivity index (χ3v) is 3.23. The number of amides is 1. The first kappa shape index (κ1) is 15.4. The fourth-order valence-corrected chi connectivity index (χ4v) is 1.89. The lowest BCUT2D eigenvalue weighted by molar-refractivity contribution is -0.124. The standard InChI is InChI=1S/C12H24N2O4/c1-12(16,4-5-17-2)8-14-11(15)10-6-9(18-3)7-13-10/h9-10,13,16H,4-8H2,1-3H3,(H,14,15). The molecular weight excluding hydrogens is 236 g/mol. The first-order chi connectivity index (χ1) is 8.48. The topological polar surface area (TPSA) is 79.8 Å². The van der Waals surface area contributed by atoms with Crippen LogP contribution in [0, 0.1) is 0 Å². The van der Waals surface area contributed by atoms with Crippen LogP contribution in [0.25, 0.3) is 0 Å². The van der Waals surface area contributed by atoms with Gasteiger partial charge in [0.25, 0.3) is 0 Å². The van der Waals surface area contributed by atoms with Crippen molar-refractivity contribution in [2.24, 2.45) is 0 Å². The third-order valence-electron chi connectivity index (χ3n) is 3.23. The summed E-state index contributed by atoms with van der Waals surface area (Å²) in [6, 6.07) is -0.229. The van der Waals surface area contributed by atoms with Crippen LogP contribution in [0.4, 0.5) is 0 Å². The molecular formula is C12H24N2O4. The van der Waals surface area contributed by atoms with Gasteiger partial charge in [-0.2, -0.15) is 0 Å². The van der Waals surface area contributed by atoms with Gasteiger partial charge in [0.1, 0.15) is 0 Å². The molecule has 106 valence electrons. The molecule has 1 fully saturated rings. The van der Waals surface area contributed by atoms with Crippen LogP contribution in [0.15, 0.2) is 0 Å². The van der Waals surface area contributed by atoms with Gasteiger partial charge in [-0.1, -0.05) is 0 Å². The summed E-state index contributed by atoms with van der Waals surface area (Å²) in [5.74, 6) is -0.0905. The first-order valence-corrected chi connectivity index (χ1v) is 6.23. The Morgan fingerprint density at radius 3 is 2.83 bits per heavy atom. The summed E-state index contributed by atoms with van der Waals surface area (Å²) in [6.45, 7) is 3.07. The smallest absolute Gasteiger partial charge is 0.237 e. The van der Waals surface area contributed by atoms with Crippen LogP contribution in [0.1, 0.15) is 19.8 Å². The number of ether oxygens (including phenoxy) is 2. The highest BCUT2D eigenvalue weighted by molar-refractivity contribution is 5.82. The minimum atomic E-state index is -0.940. The van der Waals surface area contributed by atoms with Crippen LogP contribution >= 0.6 is 0 Å². The van der Waals surface area contributed by atoms with Crippen LogP contribution in [-0.2, 0) is 14.3 Å². The molecule has 3 N–H and O–H groups in total. The normalized spacial score (nSPS) is 26.9. The predicted molar refractivity (Wildman–Crippen MR) is 67.3 cm³/mol. The van der Waals surface area contributed by atoms with Crippen molar-refractivity contribution in [1.29, 1.82) is 0 Å². The predicted octanol–water partition coefficient (Wildman–Crippen LogP) is -0.733. The second kappa shape index (κ2) is 7.04. The Morgan fingerprint density at radius 2 is 2.28 bits per heavy atom. The molecule has 0 aromatic carbocycles. The molecule has 0 radical (unpaired) electrons. The van der Waals surface area contributed by atoms with Gasteiger partial charge in [0.05, 0.1) is 17.7 Å². The molecule has 0 aromatic heterocycles. The van der Waals surface area contributed by atoms with Crippen molar-refractivity contribution in [2.45, 2.75) is 37.5 Å². The highest BCUT2D eigenvalue weighted by Crippen LogP contribution is 2.11. The van der Waals surface area contributed by atoms with Crippen molar-refractivity contribution >= 4 is 5.91 Å². The summed E-state index contributed by atoms with van der Waals surface area (Å²) in [4.78, 5) is 11.9. The lowest BCUT2D eigenvalue weighted by atomic mass is 10.0. The van der Waals surface area contributed by atoms with E-state index in [-0.39, 0.29) is 24.6 Å². The molecule has 1 amide bonds. The number of carbonyl (C=O) groups is 1. The number of nitrogens with one attached hydrogen (secondary N) is 2. The van der Waals surface area contributed by atoms with Crippen LogP contribution in [-0.4, -0.2) is 62.7 Å². The molecule has 0 bridgehead atoms. The van der Waals surface area contributed by atoms with Gasteiger partial charge < -0.3 is 25.2 Å². The average Bonchev–Trinajstić information content (AvgIpc) is 2.82. The van der Waals surface area contributed by atoms with E-state index in [1.54, 1.807) is 21.1 Å². The largest absolute Gasteiger partial charge is 0.388 e. The maximum absolute atomic E-state index is 11.9. The highest BCUT2D eigenvalue weighted by Gasteiger charge is 2.30. The molecule has 0 aliphatic carbocycles. The number of aliphatic hydroxyl groups is 1. The third kappa shape index (κ3) is 4.89. The number of hydrogen-bond acceptors (Lipinski definition) is 5. The van der Waals surface area contributed by atoms with E-state index in [0.717, 1.165) is 0 Å². The van der Waals surface area contributed by atoms with Gasteiger partial charge in [-0.25, -0.2) is 0 Å². The summed E-state index contributed by atoms with van der Waals surface area (Å²) in [5.41, 5.74) is -0.940. The lowest BCUT2D eigenvalue weighted by Crippen LogP contribution is -2.47. The molecule has 1 aliphatic heterocycles. The Kier molecular flexibility index (Phi) is 6.01. The van der Waals surface area contributed by atoms with Crippen LogP contribution in [0.5, 0.6) is 0 Å². The summed E-state index contributed by atoms with van der Waals surface area (Å²) in [7, 11) is 3.23. The van der Waals surface area contributed by atoms with Crippen molar-refractivity contribution in [2.75, 3.05) is 33.9 Å². The average molecular weight is 260 g/mol. The maximum Gasteiger partial charge on any atom is 0.237 e. The zero-order valence-electron chi connectivity index (χ0n) is 11.4. The molecule has 3 atom stereocenters. The number of rotatable bonds is 7. The number of methoxy groups -OCH3 is 2. The zero-order valence-corrected chi connectivity index (χ0v) is 11.4. The summed E-state index contributed by atoms with van der Waals surface area (Å²) in [6.07, 6.45) is 1.25. The molecule has 6 nitrogen and oxygen atoms in total. The molecule has 6 heteroatoms. The van der Waals surface area contributed by atoms with Gasteiger partial charge in [-0.3, -0.25) is 4.79 Å². The fourth-order valence-electron chi connectivity index (χ4n) is 1.89. The summed E-state index contributed by atoms with van der Waals surface area (Å²) in [5, 5.41) is 15.8. The van der Waals surface area contributed by atoms with Crippen molar-refractivity contribution in [3.63, 3.8) is 0 Å². The van der Waals surface area contributed by atoms with Crippen molar-refractivity contribution in [1.82, 2.24) is 10.6 Å². The fraction of sp³-hybridized carbons (Fsp3) is 0.917. The Labute approximate surface area is 108 Å². The van der Waals surface area contributed by atoms with E-state index >= 15 is 0 Å². The summed E-state index contributed by atoms with van der Waals surface area (Å²) < 4.78 is 10.1. The number of carbonyl (C=O) groups excluding carboxylic acids is 1. The maximum atomic E-state index is 11.9. The molecule has 1 saturated heterocycles. The van der Waals surface area contributed by atoms with E-state index in [2.05, 4.69) is 10.6 Å². The first-order valence-electron chi connectivity index (χ1n) is 6.23. The van der Waals surface area contributed by atoms with E-state index in [1.807, 2.05) is 0 Å². The Bertz CT molecular complexity index is 271. The van der Waals surface area contributed by atoms with Gasteiger partial charge in [0.15, 0.2) is 0 Å². The van der Waals surface area contributed by atoms with E-state index in [4.69, 9.17) is 9.47 Å². The van der Waals surface area contributed by atoms with Crippen LogP contribution in [0.2, 0.25) is 0 Å². The van der Waals surface area contributed by atoms with Gasteiger partial charge in [-0.15, -0.1) is 0 Å². The van der Waals surface area contributed by atoms with Crippen molar-refractivity contribution < 1.29 is 19.4 Å². The van der Waals surface area contributed by atoms with E-state index in [1.165, 1.54) is 0 Å². The highest BCUT2D eigenvalue weighted by atomic mass is 16.5. The van der Waals surface area contributed by atoms with Gasteiger partial charge >= 0.3 is 0 Å². The molecule has 1 aliphatic rings. The van der Waals surface area contributed by atoms with E-state index < -0.39 is 5.60 Å². The molecule has 18 heavy (non-hydrogen) atoms. The zero-order chi connectivity index (χ0) is 13.6. The molecule has 0 saturated carbocycles. The molecule has 0 spiro atoms. The van der Waals surface area contributed by atoms with Gasteiger partial charge in [0, 0.05) is 40.3 Å².